The number of ether oxygens (including phenoxy) is 1. The van der Waals surface area contributed by atoms with Crippen molar-refractivity contribution in [3.05, 3.63) is 66.0 Å². The summed E-state index contributed by atoms with van der Waals surface area (Å²) in [6.07, 6.45) is -0.920. The molecule has 10 heteroatoms. The van der Waals surface area contributed by atoms with Crippen LogP contribution in [0.25, 0.3) is 0 Å². The normalized spacial score (nSPS) is 12.1. The second-order valence-electron chi connectivity index (χ2n) is 5.63. The molecule has 3 N–H and O–H groups in total. The lowest BCUT2D eigenvalue weighted by Gasteiger charge is -2.19. The molecule has 0 fully saturated rings. The topological polar surface area (TPSA) is 114 Å². The number of halogens is 1. The van der Waals surface area contributed by atoms with Crippen molar-refractivity contribution in [2.24, 2.45) is 0 Å². The molecule has 0 saturated carbocycles. The molecular formula is C18H20FN3O5S. The van der Waals surface area contributed by atoms with E-state index in [1.54, 1.807) is 37.3 Å². The fraction of sp³-hybridized carbons (Fsp3) is 0.222. The van der Waals surface area contributed by atoms with Gasteiger partial charge in [0.25, 0.3) is 5.91 Å². The Morgan fingerprint density at radius 1 is 1.04 bits per heavy atom. The van der Waals surface area contributed by atoms with Crippen LogP contribution in [0.15, 0.2) is 59.5 Å². The summed E-state index contributed by atoms with van der Waals surface area (Å²) >= 11 is 0. The number of sulfonamides is 1. The highest BCUT2D eigenvalue weighted by atomic mass is 32.2. The summed E-state index contributed by atoms with van der Waals surface area (Å²) in [6.45, 7) is 1.68. The van der Waals surface area contributed by atoms with Gasteiger partial charge < -0.3 is 4.74 Å². The van der Waals surface area contributed by atoms with Crippen molar-refractivity contribution in [2.75, 3.05) is 6.61 Å². The summed E-state index contributed by atoms with van der Waals surface area (Å²) < 4.78 is 45.8. The van der Waals surface area contributed by atoms with Crippen LogP contribution in [0.5, 0.6) is 0 Å². The fourth-order valence-corrected chi connectivity index (χ4v) is 3.59. The minimum absolute atomic E-state index is 0.0230. The Balaban J connectivity index is 2.21. The molecule has 2 rings (SSSR count). The molecule has 150 valence electrons. The third kappa shape index (κ3) is 6.03. The first-order valence-electron chi connectivity index (χ1n) is 8.37. The molecule has 1 atom stereocenters. The highest BCUT2D eigenvalue weighted by Crippen LogP contribution is 2.15. The van der Waals surface area contributed by atoms with Gasteiger partial charge in [-0.15, -0.1) is 0 Å². The van der Waals surface area contributed by atoms with Gasteiger partial charge in [0, 0.05) is 0 Å². The van der Waals surface area contributed by atoms with Crippen LogP contribution in [0.4, 0.5) is 9.18 Å². The Bertz CT molecular complexity index is 922. The van der Waals surface area contributed by atoms with Gasteiger partial charge in [0.2, 0.25) is 10.0 Å². The van der Waals surface area contributed by atoms with Gasteiger partial charge >= 0.3 is 6.09 Å². The number of hydrogen-bond acceptors (Lipinski definition) is 5. The molecule has 2 aromatic carbocycles. The molecule has 0 radical (unpaired) electrons. The van der Waals surface area contributed by atoms with Gasteiger partial charge in [-0.3, -0.25) is 10.2 Å². The second-order valence-corrected chi connectivity index (χ2v) is 7.31. The largest absolute Gasteiger partial charge is 0.449 e. The van der Waals surface area contributed by atoms with E-state index < -0.39 is 38.8 Å². The summed E-state index contributed by atoms with van der Waals surface area (Å²) in [7, 11) is -4.33. The molecule has 0 heterocycles. The zero-order valence-electron chi connectivity index (χ0n) is 15.0. The third-order valence-corrected chi connectivity index (χ3v) is 5.09. The number of rotatable bonds is 7. The van der Waals surface area contributed by atoms with E-state index in [1.165, 1.54) is 12.1 Å². The molecule has 0 aliphatic heterocycles. The van der Waals surface area contributed by atoms with Crippen molar-refractivity contribution >= 4 is 22.0 Å². The average molecular weight is 409 g/mol. The molecular weight excluding hydrogens is 389 g/mol. The van der Waals surface area contributed by atoms with Crippen LogP contribution >= 0.6 is 0 Å². The van der Waals surface area contributed by atoms with E-state index >= 15 is 0 Å². The first-order valence-corrected chi connectivity index (χ1v) is 9.85. The molecule has 0 unspecified atom stereocenters. The standard InChI is InChI=1S/C18H20FN3O5S/c1-2-27-18(24)21-20-17(23)15(12-13-8-4-3-5-9-13)22-28(25,26)16-11-7-6-10-14(16)19/h3-11,15,22H,2,12H2,1H3,(H,20,23)(H,21,24)/t15-/m1/s1. The number of hydrogen-bond donors (Lipinski definition) is 3. The van der Waals surface area contributed by atoms with Crippen LogP contribution in [0.2, 0.25) is 0 Å². The SMILES string of the molecule is CCOC(=O)NNC(=O)[C@@H](Cc1ccccc1)NS(=O)(=O)c1ccccc1F. The highest BCUT2D eigenvalue weighted by Gasteiger charge is 2.28. The summed E-state index contributed by atoms with van der Waals surface area (Å²) in [5.74, 6) is -1.78. The fourth-order valence-electron chi connectivity index (χ4n) is 2.32. The Morgan fingerprint density at radius 3 is 2.32 bits per heavy atom. The van der Waals surface area contributed by atoms with E-state index in [9.17, 15) is 22.4 Å². The third-order valence-electron chi connectivity index (χ3n) is 3.59. The Morgan fingerprint density at radius 2 is 1.68 bits per heavy atom. The summed E-state index contributed by atoms with van der Waals surface area (Å²) in [4.78, 5) is 23.2. The van der Waals surface area contributed by atoms with Gasteiger partial charge in [-0.05, 0) is 31.0 Å². The van der Waals surface area contributed by atoms with Crippen molar-refractivity contribution < 1.29 is 27.1 Å². The minimum atomic E-state index is -4.33. The molecule has 0 aliphatic carbocycles. The van der Waals surface area contributed by atoms with Crippen LogP contribution < -0.4 is 15.6 Å². The van der Waals surface area contributed by atoms with Crippen molar-refractivity contribution in [1.82, 2.24) is 15.6 Å². The summed E-state index contributed by atoms with van der Waals surface area (Å²) in [6, 6.07) is 12.1. The van der Waals surface area contributed by atoms with Gasteiger partial charge in [-0.1, -0.05) is 42.5 Å². The van der Waals surface area contributed by atoms with Crippen LogP contribution in [-0.2, 0) is 26.0 Å². The molecule has 2 aromatic rings. The predicted molar refractivity (Wildman–Crippen MR) is 99.0 cm³/mol. The lowest BCUT2D eigenvalue weighted by atomic mass is 10.1. The number of carbonyl (C=O) groups is 2. The Labute approximate surface area is 162 Å². The molecule has 28 heavy (non-hydrogen) atoms. The maximum absolute atomic E-state index is 13.9. The molecule has 0 aromatic heterocycles. The van der Waals surface area contributed by atoms with E-state index in [-0.39, 0.29) is 13.0 Å². The molecule has 0 saturated heterocycles. The predicted octanol–water partition coefficient (Wildman–Crippen LogP) is 1.49. The van der Waals surface area contributed by atoms with Crippen LogP contribution in [0, 0.1) is 5.82 Å². The highest BCUT2D eigenvalue weighted by molar-refractivity contribution is 7.89. The summed E-state index contributed by atoms with van der Waals surface area (Å²) in [5, 5.41) is 0. The number of hydrazine groups is 1. The van der Waals surface area contributed by atoms with Crippen LogP contribution in [0.1, 0.15) is 12.5 Å². The van der Waals surface area contributed by atoms with Crippen molar-refractivity contribution in [3.8, 4) is 0 Å². The van der Waals surface area contributed by atoms with Crippen molar-refractivity contribution in [1.29, 1.82) is 0 Å². The maximum Gasteiger partial charge on any atom is 0.426 e. The Kier molecular flexibility index (Phi) is 7.47. The van der Waals surface area contributed by atoms with Crippen LogP contribution in [-0.4, -0.2) is 33.1 Å². The number of amides is 2. The van der Waals surface area contributed by atoms with Gasteiger partial charge in [-0.2, -0.15) is 4.72 Å². The minimum Gasteiger partial charge on any atom is -0.449 e. The van der Waals surface area contributed by atoms with E-state index in [0.29, 0.717) is 5.56 Å². The van der Waals surface area contributed by atoms with Gasteiger partial charge in [0.1, 0.15) is 16.8 Å². The maximum atomic E-state index is 13.9. The summed E-state index contributed by atoms with van der Waals surface area (Å²) in [5.41, 5.74) is 4.77. The van der Waals surface area contributed by atoms with Crippen molar-refractivity contribution in [3.63, 3.8) is 0 Å². The smallest absolute Gasteiger partial charge is 0.426 e. The Hall–Kier alpha value is -2.98. The molecule has 8 nitrogen and oxygen atoms in total. The molecule has 0 aliphatic rings. The zero-order valence-corrected chi connectivity index (χ0v) is 15.8. The quantitative estimate of drug-likeness (QED) is 0.600. The van der Waals surface area contributed by atoms with Crippen molar-refractivity contribution in [2.45, 2.75) is 24.3 Å². The van der Waals surface area contributed by atoms with E-state index in [2.05, 4.69) is 14.9 Å². The van der Waals surface area contributed by atoms with E-state index in [0.717, 1.165) is 12.1 Å². The molecule has 0 bridgehead atoms. The zero-order chi connectivity index (χ0) is 20.6. The first kappa shape index (κ1) is 21.3. The lowest BCUT2D eigenvalue weighted by Crippen LogP contribution is -2.53. The van der Waals surface area contributed by atoms with Gasteiger partial charge in [-0.25, -0.2) is 23.0 Å². The van der Waals surface area contributed by atoms with Crippen LogP contribution in [0.3, 0.4) is 0 Å². The number of nitrogens with one attached hydrogen (secondary N) is 3. The van der Waals surface area contributed by atoms with Gasteiger partial charge in [0.15, 0.2) is 0 Å². The average Bonchev–Trinajstić information content (AvgIpc) is 2.66. The first-order chi connectivity index (χ1) is 13.3. The monoisotopic (exact) mass is 409 g/mol. The number of carbonyl (C=O) groups excluding carboxylic acids is 2. The van der Waals surface area contributed by atoms with Gasteiger partial charge in [0.05, 0.1) is 6.61 Å². The van der Waals surface area contributed by atoms with E-state index in [4.69, 9.17) is 0 Å². The van der Waals surface area contributed by atoms with E-state index in [1.807, 2.05) is 5.43 Å². The second kappa shape index (κ2) is 9.81. The molecule has 2 amide bonds. The lowest BCUT2D eigenvalue weighted by molar-refractivity contribution is -0.123. The molecule has 0 spiro atoms. The number of benzene rings is 2.